The van der Waals surface area contributed by atoms with Crippen molar-refractivity contribution in [2.75, 3.05) is 19.6 Å². The number of thiazole rings is 1. The van der Waals surface area contributed by atoms with E-state index in [-0.39, 0.29) is 30.7 Å². The summed E-state index contributed by atoms with van der Waals surface area (Å²) in [6, 6.07) is 8.29. The normalized spacial score (nSPS) is 15.1. The molecule has 1 amide bonds. The fourth-order valence-corrected chi connectivity index (χ4v) is 3.99. The Morgan fingerprint density at radius 2 is 1.96 bits per heavy atom. The third-order valence-corrected chi connectivity index (χ3v) is 5.30. The number of hydrogen-bond donors (Lipinski definition) is 1. The van der Waals surface area contributed by atoms with Gasteiger partial charge >= 0.3 is 0 Å². The standard InChI is InChI=1S/C16H21N3OS.2ClH/c17-9-3-6-15(20)19-10-7-12(8-11-19)16-18-13-4-1-2-5-14(13)21-16;;/h1-2,4-5,12H,3,6-11,17H2;2*1H. The van der Waals surface area contributed by atoms with Gasteiger partial charge < -0.3 is 10.6 Å². The molecule has 1 fully saturated rings. The number of nitrogens with zero attached hydrogens (tertiary/aromatic N) is 2. The molecule has 4 nitrogen and oxygen atoms in total. The predicted molar refractivity (Wildman–Crippen MR) is 101 cm³/mol. The van der Waals surface area contributed by atoms with E-state index in [0.29, 0.717) is 18.9 Å². The van der Waals surface area contributed by atoms with Gasteiger partial charge in [-0.3, -0.25) is 4.79 Å². The fourth-order valence-electron chi connectivity index (χ4n) is 2.85. The minimum atomic E-state index is 0. The average Bonchev–Trinajstić information content (AvgIpc) is 2.96. The van der Waals surface area contributed by atoms with E-state index in [9.17, 15) is 4.79 Å². The Labute approximate surface area is 153 Å². The monoisotopic (exact) mass is 375 g/mol. The van der Waals surface area contributed by atoms with Crippen LogP contribution in [-0.2, 0) is 4.79 Å². The van der Waals surface area contributed by atoms with Crippen molar-refractivity contribution >= 4 is 52.3 Å². The number of rotatable bonds is 4. The SMILES string of the molecule is Cl.Cl.NCCCC(=O)N1CCC(c2nc3ccccc3s2)CC1. The van der Waals surface area contributed by atoms with Gasteiger partial charge in [0.1, 0.15) is 0 Å². The summed E-state index contributed by atoms with van der Waals surface area (Å²) >= 11 is 1.80. The molecule has 1 aromatic heterocycles. The summed E-state index contributed by atoms with van der Waals surface area (Å²) in [7, 11) is 0. The molecule has 0 saturated carbocycles. The van der Waals surface area contributed by atoms with Gasteiger partial charge in [0, 0.05) is 25.4 Å². The van der Waals surface area contributed by atoms with Crippen molar-refractivity contribution in [3.8, 4) is 0 Å². The van der Waals surface area contributed by atoms with Gasteiger partial charge in [-0.1, -0.05) is 12.1 Å². The first kappa shape index (κ1) is 20.2. The van der Waals surface area contributed by atoms with Crippen LogP contribution in [-0.4, -0.2) is 35.4 Å². The van der Waals surface area contributed by atoms with Crippen LogP contribution in [0.3, 0.4) is 0 Å². The number of para-hydroxylation sites is 1. The Morgan fingerprint density at radius 1 is 1.26 bits per heavy atom. The summed E-state index contributed by atoms with van der Waals surface area (Å²) in [5.41, 5.74) is 6.56. The predicted octanol–water partition coefficient (Wildman–Crippen LogP) is 3.58. The van der Waals surface area contributed by atoms with Gasteiger partial charge in [-0.15, -0.1) is 36.2 Å². The molecule has 0 spiro atoms. The molecule has 2 N–H and O–H groups in total. The van der Waals surface area contributed by atoms with Crippen LogP contribution in [0.15, 0.2) is 24.3 Å². The van der Waals surface area contributed by atoms with Crippen molar-refractivity contribution in [3.05, 3.63) is 29.3 Å². The topological polar surface area (TPSA) is 59.2 Å². The zero-order chi connectivity index (χ0) is 14.7. The van der Waals surface area contributed by atoms with Crippen LogP contribution < -0.4 is 5.73 Å². The van der Waals surface area contributed by atoms with Crippen LogP contribution in [0, 0.1) is 0 Å². The van der Waals surface area contributed by atoms with Crippen molar-refractivity contribution in [1.29, 1.82) is 0 Å². The van der Waals surface area contributed by atoms with Crippen molar-refractivity contribution in [2.45, 2.75) is 31.6 Å². The first-order chi connectivity index (χ1) is 10.3. The van der Waals surface area contributed by atoms with Gasteiger partial charge in [0.2, 0.25) is 5.91 Å². The summed E-state index contributed by atoms with van der Waals surface area (Å²) in [4.78, 5) is 18.7. The van der Waals surface area contributed by atoms with E-state index in [1.807, 2.05) is 11.0 Å². The van der Waals surface area contributed by atoms with Crippen molar-refractivity contribution in [1.82, 2.24) is 9.88 Å². The van der Waals surface area contributed by atoms with Crippen LogP contribution in [0.5, 0.6) is 0 Å². The van der Waals surface area contributed by atoms with E-state index in [2.05, 4.69) is 18.2 Å². The smallest absolute Gasteiger partial charge is 0.222 e. The molecule has 0 radical (unpaired) electrons. The first-order valence-electron chi connectivity index (χ1n) is 7.61. The first-order valence-corrected chi connectivity index (χ1v) is 8.43. The quantitative estimate of drug-likeness (QED) is 0.887. The minimum absolute atomic E-state index is 0. The zero-order valence-corrected chi connectivity index (χ0v) is 15.4. The molecule has 0 unspecified atom stereocenters. The van der Waals surface area contributed by atoms with Gasteiger partial charge in [-0.25, -0.2) is 4.98 Å². The van der Waals surface area contributed by atoms with Gasteiger partial charge in [-0.05, 0) is 37.9 Å². The molecule has 23 heavy (non-hydrogen) atoms. The second-order valence-corrected chi connectivity index (χ2v) is 6.63. The lowest BCUT2D eigenvalue weighted by Crippen LogP contribution is -2.38. The molecule has 128 valence electrons. The molecule has 0 bridgehead atoms. The van der Waals surface area contributed by atoms with E-state index >= 15 is 0 Å². The summed E-state index contributed by atoms with van der Waals surface area (Å²) in [5, 5.41) is 1.23. The van der Waals surface area contributed by atoms with E-state index in [1.54, 1.807) is 11.3 Å². The number of likely N-dealkylation sites (tertiary alicyclic amines) is 1. The highest BCUT2D eigenvalue weighted by molar-refractivity contribution is 7.18. The zero-order valence-electron chi connectivity index (χ0n) is 12.9. The summed E-state index contributed by atoms with van der Waals surface area (Å²) in [5.74, 6) is 0.754. The largest absolute Gasteiger partial charge is 0.343 e. The second kappa shape index (κ2) is 9.42. The number of aromatic nitrogens is 1. The maximum atomic E-state index is 12.0. The number of hydrogen-bond acceptors (Lipinski definition) is 4. The van der Waals surface area contributed by atoms with Crippen molar-refractivity contribution in [3.63, 3.8) is 0 Å². The van der Waals surface area contributed by atoms with E-state index in [0.717, 1.165) is 37.9 Å². The number of carbonyl (C=O) groups is 1. The Morgan fingerprint density at radius 3 is 2.61 bits per heavy atom. The molecule has 2 aromatic rings. The Hall–Kier alpha value is -0.880. The lowest BCUT2D eigenvalue weighted by atomic mass is 9.97. The second-order valence-electron chi connectivity index (χ2n) is 5.57. The van der Waals surface area contributed by atoms with Crippen molar-refractivity contribution in [2.24, 2.45) is 5.73 Å². The molecule has 2 heterocycles. The molecular formula is C16H23Cl2N3OS. The van der Waals surface area contributed by atoms with Crippen LogP contribution >= 0.6 is 36.2 Å². The van der Waals surface area contributed by atoms with Gasteiger partial charge in [0.05, 0.1) is 15.2 Å². The lowest BCUT2D eigenvalue weighted by molar-refractivity contribution is -0.132. The molecule has 0 atom stereocenters. The van der Waals surface area contributed by atoms with Crippen LogP contribution in [0.25, 0.3) is 10.2 Å². The summed E-state index contributed by atoms with van der Waals surface area (Å²) in [6.45, 7) is 2.29. The van der Waals surface area contributed by atoms with Crippen molar-refractivity contribution < 1.29 is 4.79 Å². The van der Waals surface area contributed by atoms with Gasteiger partial charge in [-0.2, -0.15) is 0 Å². The number of fused-ring (bicyclic) bond motifs is 1. The summed E-state index contributed by atoms with van der Waals surface area (Å²) in [6.07, 6.45) is 3.42. The number of benzene rings is 1. The maximum absolute atomic E-state index is 12.0. The van der Waals surface area contributed by atoms with Gasteiger partial charge in [0.15, 0.2) is 0 Å². The highest BCUT2D eigenvalue weighted by atomic mass is 35.5. The van der Waals surface area contributed by atoms with Crippen LogP contribution in [0.2, 0.25) is 0 Å². The maximum Gasteiger partial charge on any atom is 0.222 e. The number of halogens is 2. The van der Waals surface area contributed by atoms with Crippen LogP contribution in [0.4, 0.5) is 0 Å². The van der Waals surface area contributed by atoms with Gasteiger partial charge in [0.25, 0.3) is 0 Å². The Bertz CT molecular complexity index is 594. The fraction of sp³-hybridized carbons (Fsp3) is 0.500. The third kappa shape index (κ3) is 4.80. The van der Waals surface area contributed by atoms with E-state index < -0.39 is 0 Å². The highest BCUT2D eigenvalue weighted by Crippen LogP contribution is 2.33. The highest BCUT2D eigenvalue weighted by Gasteiger charge is 2.25. The number of nitrogens with two attached hydrogens (primary N) is 1. The number of amides is 1. The number of piperidine rings is 1. The van der Waals surface area contributed by atoms with E-state index in [4.69, 9.17) is 10.7 Å². The molecule has 1 aliphatic rings. The molecule has 1 saturated heterocycles. The number of carbonyl (C=O) groups excluding carboxylic acids is 1. The molecule has 3 rings (SSSR count). The molecule has 1 aromatic carbocycles. The molecular weight excluding hydrogens is 353 g/mol. The Kier molecular flexibility index (Phi) is 8.26. The average molecular weight is 376 g/mol. The van der Waals surface area contributed by atoms with E-state index in [1.165, 1.54) is 9.71 Å². The third-order valence-electron chi connectivity index (χ3n) is 4.10. The molecule has 7 heteroatoms. The molecule has 0 aliphatic carbocycles. The lowest BCUT2D eigenvalue weighted by Gasteiger charge is -2.31. The molecule has 1 aliphatic heterocycles. The minimum Gasteiger partial charge on any atom is -0.343 e. The Balaban J connectivity index is 0.00000132. The van der Waals surface area contributed by atoms with Crippen LogP contribution in [0.1, 0.15) is 36.6 Å². The summed E-state index contributed by atoms with van der Waals surface area (Å²) < 4.78 is 1.26.